The Labute approximate surface area is 232 Å². The van der Waals surface area contributed by atoms with Crippen LogP contribution >= 0.6 is 11.9 Å². The lowest BCUT2D eigenvalue weighted by Gasteiger charge is -2.38. The third-order valence-electron chi connectivity index (χ3n) is 8.34. The Morgan fingerprint density at radius 3 is 2.47 bits per heavy atom. The van der Waals surface area contributed by atoms with Gasteiger partial charge in [-0.15, -0.1) is 0 Å². The van der Waals surface area contributed by atoms with Gasteiger partial charge in [-0.2, -0.15) is 0 Å². The molecule has 200 valence electrons. The molecule has 0 radical (unpaired) electrons. The number of hydrogen-bond donors (Lipinski definition) is 1. The predicted octanol–water partition coefficient (Wildman–Crippen LogP) is 6.03. The van der Waals surface area contributed by atoms with Gasteiger partial charge in [0.1, 0.15) is 0 Å². The summed E-state index contributed by atoms with van der Waals surface area (Å²) in [5, 5.41) is 3.28. The van der Waals surface area contributed by atoms with Crippen LogP contribution in [0.25, 0.3) is 0 Å². The van der Waals surface area contributed by atoms with Gasteiger partial charge in [-0.3, -0.25) is 4.79 Å². The fraction of sp³-hybridized carbons (Fsp3) is 0.424. The van der Waals surface area contributed by atoms with Crippen LogP contribution in [0.5, 0.6) is 0 Å². The first-order chi connectivity index (χ1) is 18.5. The molecule has 0 aromatic heterocycles. The Morgan fingerprint density at radius 1 is 1.00 bits per heavy atom. The number of likely N-dealkylation sites (N-methyl/N-ethyl adjacent to an activating group) is 1. The molecule has 1 amide bonds. The van der Waals surface area contributed by atoms with E-state index in [1.54, 1.807) is 5.56 Å². The van der Waals surface area contributed by atoms with Crippen molar-refractivity contribution in [1.29, 1.82) is 0 Å². The number of likely N-dealkylation sites (tertiary alicyclic amines) is 1. The Kier molecular flexibility index (Phi) is 8.88. The van der Waals surface area contributed by atoms with E-state index in [4.69, 9.17) is 0 Å². The molecule has 3 aromatic carbocycles. The lowest BCUT2D eigenvalue weighted by atomic mass is 9.78. The van der Waals surface area contributed by atoms with Gasteiger partial charge in [0.2, 0.25) is 5.91 Å². The van der Waals surface area contributed by atoms with E-state index in [-0.39, 0.29) is 11.3 Å². The number of fused-ring (bicyclic) bond motifs is 1. The lowest BCUT2D eigenvalue weighted by Crippen LogP contribution is -2.46. The summed E-state index contributed by atoms with van der Waals surface area (Å²) in [6, 6.07) is 28.3. The van der Waals surface area contributed by atoms with Crippen molar-refractivity contribution >= 4 is 17.9 Å². The highest BCUT2D eigenvalue weighted by atomic mass is 32.2. The Bertz CT molecular complexity index is 1190. The van der Waals surface area contributed by atoms with Gasteiger partial charge < -0.3 is 10.2 Å². The monoisotopic (exact) mass is 527 g/mol. The number of amides is 1. The molecule has 1 aliphatic carbocycles. The van der Waals surface area contributed by atoms with Crippen LogP contribution in [0.3, 0.4) is 0 Å². The highest BCUT2D eigenvalue weighted by Crippen LogP contribution is 2.43. The van der Waals surface area contributed by atoms with Gasteiger partial charge in [-0.25, -0.2) is 4.31 Å². The molecule has 0 bridgehead atoms. The maximum absolute atomic E-state index is 12.5. The van der Waals surface area contributed by atoms with Crippen LogP contribution in [0.4, 0.5) is 0 Å². The molecule has 1 heterocycles. The SMILES string of the molecule is Cc1ccc(SN(C)CC2(CCN3CCC(NC(=O)Cc4ccccc4)CC3)CCc3ccccc32)cc1. The zero-order valence-corrected chi connectivity index (χ0v) is 23.7. The number of hydrogen-bond acceptors (Lipinski definition) is 4. The summed E-state index contributed by atoms with van der Waals surface area (Å²) in [6.07, 6.45) is 6.11. The lowest BCUT2D eigenvalue weighted by molar-refractivity contribution is -0.121. The molecule has 5 rings (SSSR count). The van der Waals surface area contributed by atoms with Crippen molar-refractivity contribution in [3.8, 4) is 0 Å². The third-order valence-corrected chi connectivity index (χ3v) is 9.26. The van der Waals surface area contributed by atoms with Crippen molar-refractivity contribution in [2.24, 2.45) is 0 Å². The van der Waals surface area contributed by atoms with E-state index < -0.39 is 0 Å². The van der Waals surface area contributed by atoms with Gasteiger partial charge >= 0.3 is 0 Å². The second kappa shape index (κ2) is 12.5. The van der Waals surface area contributed by atoms with Gasteiger partial charge in [0.05, 0.1) is 6.42 Å². The van der Waals surface area contributed by atoms with E-state index in [1.165, 1.54) is 35.3 Å². The van der Waals surface area contributed by atoms with Gasteiger partial charge in [-0.1, -0.05) is 72.3 Å². The Hall–Kier alpha value is -2.60. The summed E-state index contributed by atoms with van der Waals surface area (Å²) in [4.78, 5) is 16.5. The maximum Gasteiger partial charge on any atom is 0.224 e. The highest BCUT2D eigenvalue weighted by Gasteiger charge is 2.39. The van der Waals surface area contributed by atoms with Gasteiger partial charge in [0, 0.05) is 36.0 Å². The number of carbonyl (C=O) groups excluding carboxylic acids is 1. The zero-order chi connectivity index (χ0) is 26.4. The van der Waals surface area contributed by atoms with E-state index in [9.17, 15) is 4.79 Å². The maximum atomic E-state index is 12.5. The summed E-state index contributed by atoms with van der Waals surface area (Å²) >= 11 is 1.86. The van der Waals surface area contributed by atoms with Crippen LogP contribution in [0.1, 0.15) is 47.9 Å². The number of rotatable bonds is 10. The van der Waals surface area contributed by atoms with Gasteiger partial charge in [0.25, 0.3) is 0 Å². The van der Waals surface area contributed by atoms with E-state index in [0.717, 1.165) is 44.6 Å². The van der Waals surface area contributed by atoms with Crippen LogP contribution in [0.2, 0.25) is 0 Å². The van der Waals surface area contributed by atoms with Crippen molar-refractivity contribution < 1.29 is 4.79 Å². The minimum atomic E-state index is 0.144. The average molecular weight is 528 g/mol. The summed E-state index contributed by atoms with van der Waals surface area (Å²) in [6.45, 7) is 6.42. The van der Waals surface area contributed by atoms with Crippen LogP contribution in [-0.2, 0) is 23.1 Å². The van der Waals surface area contributed by atoms with Gasteiger partial charge in [-0.05, 0) is 93.4 Å². The van der Waals surface area contributed by atoms with E-state index in [0.29, 0.717) is 12.5 Å². The van der Waals surface area contributed by atoms with Crippen LogP contribution in [-0.4, -0.2) is 54.4 Å². The summed E-state index contributed by atoms with van der Waals surface area (Å²) < 4.78 is 2.45. The first-order valence-electron chi connectivity index (χ1n) is 14.1. The minimum absolute atomic E-state index is 0.144. The molecule has 1 aliphatic heterocycles. The van der Waals surface area contributed by atoms with Crippen molar-refractivity contribution in [3.05, 3.63) is 101 Å². The summed E-state index contributed by atoms with van der Waals surface area (Å²) in [5.74, 6) is 0.144. The molecule has 5 heteroatoms. The summed E-state index contributed by atoms with van der Waals surface area (Å²) in [5.41, 5.74) is 5.65. The molecule has 2 aliphatic rings. The number of aryl methyl sites for hydroxylation is 2. The van der Waals surface area contributed by atoms with Crippen molar-refractivity contribution in [3.63, 3.8) is 0 Å². The van der Waals surface area contributed by atoms with E-state index in [2.05, 4.69) is 77.0 Å². The first kappa shape index (κ1) is 27.0. The number of piperidine rings is 1. The van der Waals surface area contributed by atoms with Crippen LogP contribution < -0.4 is 5.32 Å². The van der Waals surface area contributed by atoms with Crippen molar-refractivity contribution in [2.75, 3.05) is 33.2 Å². The fourth-order valence-corrected chi connectivity index (χ4v) is 7.17. The van der Waals surface area contributed by atoms with Crippen molar-refractivity contribution in [2.45, 2.75) is 61.8 Å². The highest BCUT2D eigenvalue weighted by molar-refractivity contribution is 7.97. The number of nitrogens with one attached hydrogen (secondary N) is 1. The Balaban J connectivity index is 1.16. The number of benzene rings is 3. The van der Waals surface area contributed by atoms with Crippen LogP contribution in [0.15, 0.2) is 83.8 Å². The van der Waals surface area contributed by atoms with E-state index in [1.807, 2.05) is 42.3 Å². The molecule has 1 saturated heterocycles. The molecule has 38 heavy (non-hydrogen) atoms. The molecule has 1 N–H and O–H groups in total. The first-order valence-corrected chi connectivity index (χ1v) is 14.9. The molecular formula is C33H41N3OS. The quantitative estimate of drug-likeness (QED) is 0.327. The molecule has 4 nitrogen and oxygen atoms in total. The molecule has 0 saturated carbocycles. The average Bonchev–Trinajstić information content (AvgIpc) is 3.28. The Morgan fingerprint density at radius 2 is 1.71 bits per heavy atom. The zero-order valence-electron chi connectivity index (χ0n) is 22.9. The topological polar surface area (TPSA) is 35.6 Å². The van der Waals surface area contributed by atoms with Crippen LogP contribution in [0, 0.1) is 6.92 Å². The number of carbonyl (C=O) groups is 1. The standard InChI is InChI=1S/C33H41N3OS/c1-26-12-14-30(15-13-26)38-35(2)25-33(19-16-28-10-6-7-11-31(28)33)20-23-36-21-17-29(18-22-36)34-32(37)24-27-8-4-3-5-9-27/h3-15,29H,16-25H2,1-2H3,(H,34,37). The number of nitrogens with zero attached hydrogens (tertiary/aromatic N) is 2. The molecule has 1 unspecified atom stereocenters. The minimum Gasteiger partial charge on any atom is -0.353 e. The molecule has 1 atom stereocenters. The third kappa shape index (κ3) is 6.88. The summed E-state index contributed by atoms with van der Waals surface area (Å²) in [7, 11) is 2.25. The smallest absolute Gasteiger partial charge is 0.224 e. The molecule has 0 spiro atoms. The normalized spacial score (nSPS) is 20.0. The fourth-order valence-electron chi connectivity index (χ4n) is 6.24. The molecule has 3 aromatic rings. The van der Waals surface area contributed by atoms with E-state index >= 15 is 0 Å². The largest absolute Gasteiger partial charge is 0.353 e. The van der Waals surface area contributed by atoms with Gasteiger partial charge in [0.15, 0.2) is 0 Å². The molecular weight excluding hydrogens is 486 g/mol. The predicted molar refractivity (Wildman–Crippen MR) is 158 cm³/mol. The second-order valence-corrected chi connectivity index (χ2v) is 12.5. The van der Waals surface area contributed by atoms with Crippen molar-refractivity contribution in [1.82, 2.24) is 14.5 Å². The second-order valence-electron chi connectivity index (χ2n) is 11.2. The molecule has 1 fully saturated rings.